The molecule has 42 heavy (non-hydrogen) atoms. The normalized spacial score (nSPS) is 14.3. The molecule has 0 aliphatic rings. The highest BCUT2D eigenvalue weighted by atomic mass is 16.5. The monoisotopic (exact) mass is 601 g/mol. The molecule has 0 saturated carbocycles. The summed E-state index contributed by atoms with van der Waals surface area (Å²) in [6.07, 6.45) is 20.5. The molecule has 0 unspecified atom stereocenters. The first kappa shape index (κ1) is 40.8. The lowest BCUT2D eigenvalue weighted by atomic mass is 10.0. The Bertz CT molecular complexity index is 619. The van der Waals surface area contributed by atoms with Crippen LogP contribution >= 0.6 is 0 Å². The number of amides is 1. The van der Waals surface area contributed by atoms with E-state index >= 15 is 0 Å². The Labute approximate surface area is 257 Å². The first-order chi connectivity index (χ1) is 20.3. The highest BCUT2D eigenvalue weighted by Gasteiger charge is 2.34. The minimum Gasteiger partial charge on any atom is -0.463 e. The first-order valence-corrected chi connectivity index (χ1v) is 17.5. The van der Waals surface area contributed by atoms with Crippen molar-refractivity contribution in [3.05, 3.63) is 0 Å². The van der Waals surface area contributed by atoms with Gasteiger partial charge < -0.3 is 30.5 Å². The van der Waals surface area contributed by atoms with E-state index in [1.54, 1.807) is 0 Å². The fraction of sp³-hybridized carbons (Fsp3) is 0.941. The smallest absolute Gasteiger partial charge is 0.305 e. The third-order valence-corrected chi connectivity index (χ3v) is 8.07. The van der Waals surface area contributed by atoms with E-state index in [0.717, 1.165) is 38.5 Å². The summed E-state index contributed by atoms with van der Waals surface area (Å²) >= 11 is 0. The van der Waals surface area contributed by atoms with E-state index in [2.05, 4.69) is 19.2 Å². The Balaban J connectivity index is 3.80. The van der Waals surface area contributed by atoms with Gasteiger partial charge in [-0.3, -0.25) is 9.59 Å². The van der Waals surface area contributed by atoms with Gasteiger partial charge in [0.2, 0.25) is 0 Å². The molecular weight excluding hydrogens is 534 g/mol. The Hall–Kier alpha value is -1.22. The summed E-state index contributed by atoms with van der Waals surface area (Å²) < 4.78 is 5.01. The van der Waals surface area contributed by atoms with Crippen LogP contribution in [0, 0.1) is 0 Å². The van der Waals surface area contributed by atoms with Gasteiger partial charge in [-0.15, -0.1) is 0 Å². The molecule has 0 aromatic rings. The van der Waals surface area contributed by atoms with E-state index < -0.39 is 42.9 Å². The summed E-state index contributed by atoms with van der Waals surface area (Å²) in [7, 11) is 0. The van der Waals surface area contributed by atoms with Crippen molar-refractivity contribution in [2.24, 2.45) is 0 Å². The molecule has 0 spiro atoms. The fourth-order valence-corrected chi connectivity index (χ4v) is 5.13. The van der Waals surface area contributed by atoms with Gasteiger partial charge in [0.25, 0.3) is 5.91 Å². The van der Waals surface area contributed by atoms with Crippen molar-refractivity contribution in [1.82, 2.24) is 5.32 Å². The number of nitrogens with one attached hydrogen (secondary N) is 1. The van der Waals surface area contributed by atoms with Crippen LogP contribution < -0.4 is 5.32 Å². The molecule has 0 fully saturated rings. The minimum absolute atomic E-state index is 0.228. The topological polar surface area (TPSA) is 136 Å². The third-order valence-electron chi connectivity index (χ3n) is 8.07. The van der Waals surface area contributed by atoms with Gasteiger partial charge in [0.15, 0.2) is 6.10 Å². The summed E-state index contributed by atoms with van der Waals surface area (Å²) in [5.74, 6) is -1.28. The molecule has 0 heterocycles. The van der Waals surface area contributed by atoms with Crippen molar-refractivity contribution in [2.45, 2.75) is 192 Å². The summed E-state index contributed by atoms with van der Waals surface area (Å²) in [4.78, 5) is 24.1. The molecule has 0 aromatic heterocycles. The van der Waals surface area contributed by atoms with Gasteiger partial charge in [0, 0.05) is 13.0 Å². The number of rotatable bonds is 31. The second-order valence-corrected chi connectivity index (χ2v) is 12.1. The molecular formula is C34H67NO7. The Kier molecular flexibility index (Phi) is 29.0. The van der Waals surface area contributed by atoms with Gasteiger partial charge in [0.1, 0.15) is 24.9 Å². The van der Waals surface area contributed by atoms with Crippen LogP contribution in [0.3, 0.4) is 0 Å². The van der Waals surface area contributed by atoms with Crippen LogP contribution in [0.15, 0.2) is 0 Å². The molecule has 8 nitrogen and oxygen atoms in total. The summed E-state index contributed by atoms with van der Waals surface area (Å²) in [5, 5.41) is 43.1. The van der Waals surface area contributed by atoms with Crippen LogP contribution in [-0.2, 0) is 14.3 Å². The maximum absolute atomic E-state index is 12.2. The molecule has 0 aromatic carbocycles. The lowest BCUT2D eigenvalue weighted by molar-refractivity contribution is -0.159. The Morgan fingerprint density at radius 3 is 1.36 bits per heavy atom. The van der Waals surface area contributed by atoms with Gasteiger partial charge in [-0.05, 0) is 12.8 Å². The van der Waals surface area contributed by atoms with Gasteiger partial charge in [-0.25, -0.2) is 0 Å². The van der Waals surface area contributed by atoms with Crippen LogP contribution in [0.5, 0.6) is 0 Å². The number of unbranched alkanes of at least 4 members (excludes halogenated alkanes) is 21. The standard InChI is InChI=1S/C34H67NO7/c1-3-5-7-9-11-13-14-15-16-17-19-21-23-25-27-35-34(41)33(40)32(39)31(38)29(36)28-42-30(37)26-24-22-20-18-12-10-8-6-4-2/h29,31-33,36,38-40H,3-28H2,1-2H3,(H,35,41)/t29-,31-,32+,33-/m1/s1. The highest BCUT2D eigenvalue weighted by Crippen LogP contribution is 2.14. The number of esters is 1. The molecule has 0 rings (SSSR count). The zero-order valence-corrected chi connectivity index (χ0v) is 27.2. The molecule has 0 aliphatic heterocycles. The van der Waals surface area contributed by atoms with Crippen LogP contribution in [-0.4, -0.2) is 69.9 Å². The molecule has 5 N–H and O–H groups in total. The van der Waals surface area contributed by atoms with Crippen LogP contribution in [0.25, 0.3) is 0 Å². The molecule has 0 saturated heterocycles. The van der Waals surface area contributed by atoms with Crippen LogP contribution in [0.1, 0.15) is 168 Å². The lowest BCUT2D eigenvalue weighted by Crippen LogP contribution is -2.52. The van der Waals surface area contributed by atoms with E-state index in [4.69, 9.17) is 4.74 Å². The van der Waals surface area contributed by atoms with E-state index in [1.165, 1.54) is 103 Å². The van der Waals surface area contributed by atoms with Gasteiger partial charge >= 0.3 is 5.97 Å². The minimum atomic E-state index is -1.90. The van der Waals surface area contributed by atoms with Crippen molar-refractivity contribution < 1.29 is 34.8 Å². The van der Waals surface area contributed by atoms with Gasteiger partial charge in [-0.2, -0.15) is 0 Å². The summed E-state index contributed by atoms with van der Waals surface area (Å²) in [6, 6.07) is 0. The number of hydrogen-bond donors (Lipinski definition) is 5. The molecule has 4 atom stereocenters. The number of carbonyl (C=O) groups excluding carboxylic acids is 2. The van der Waals surface area contributed by atoms with Crippen molar-refractivity contribution in [3.8, 4) is 0 Å². The zero-order valence-electron chi connectivity index (χ0n) is 27.2. The van der Waals surface area contributed by atoms with Crippen molar-refractivity contribution in [3.63, 3.8) is 0 Å². The Morgan fingerprint density at radius 1 is 0.548 bits per heavy atom. The highest BCUT2D eigenvalue weighted by molar-refractivity contribution is 5.81. The average Bonchev–Trinajstić information content (AvgIpc) is 2.99. The molecule has 250 valence electrons. The number of ether oxygens (including phenoxy) is 1. The molecule has 1 amide bonds. The predicted molar refractivity (Wildman–Crippen MR) is 170 cm³/mol. The lowest BCUT2D eigenvalue weighted by Gasteiger charge is -2.25. The maximum Gasteiger partial charge on any atom is 0.305 e. The van der Waals surface area contributed by atoms with Crippen molar-refractivity contribution >= 4 is 11.9 Å². The van der Waals surface area contributed by atoms with Crippen LogP contribution in [0.2, 0.25) is 0 Å². The van der Waals surface area contributed by atoms with E-state index in [0.29, 0.717) is 13.0 Å². The first-order valence-electron chi connectivity index (χ1n) is 17.5. The molecule has 0 radical (unpaired) electrons. The Morgan fingerprint density at radius 2 is 0.929 bits per heavy atom. The van der Waals surface area contributed by atoms with Crippen LogP contribution in [0.4, 0.5) is 0 Å². The van der Waals surface area contributed by atoms with Crippen molar-refractivity contribution in [2.75, 3.05) is 13.2 Å². The number of carbonyl (C=O) groups is 2. The van der Waals surface area contributed by atoms with E-state index in [-0.39, 0.29) is 6.42 Å². The predicted octanol–water partition coefficient (Wildman–Crippen LogP) is 6.49. The van der Waals surface area contributed by atoms with E-state index in [1.807, 2.05) is 0 Å². The van der Waals surface area contributed by atoms with Gasteiger partial charge in [-0.1, -0.05) is 149 Å². The number of aliphatic hydroxyl groups is 4. The van der Waals surface area contributed by atoms with E-state index in [9.17, 15) is 30.0 Å². The number of hydrogen-bond acceptors (Lipinski definition) is 7. The summed E-state index contributed by atoms with van der Waals surface area (Å²) in [6.45, 7) is 4.30. The molecule has 0 aliphatic carbocycles. The SMILES string of the molecule is CCCCCCCCCCCCCCCCNC(=O)[C@H](O)[C@@H](O)[C@H](O)[C@H](O)COC(=O)CCCCCCCCCCC. The average molecular weight is 602 g/mol. The second kappa shape index (κ2) is 29.8. The largest absolute Gasteiger partial charge is 0.463 e. The molecule has 8 heteroatoms. The maximum atomic E-state index is 12.2. The van der Waals surface area contributed by atoms with Gasteiger partial charge in [0.05, 0.1) is 0 Å². The number of aliphatic hydroxyl groups excluding tert-OH is 4. The quantitative estimate of drug-likeness (QED) is 0.0452. The summed E-state index contributed by atoms with van der Waals surface area (Å²) in [5.41, 5.74) is 0. The van der Waals surface area contributed by atoms with Crippen molar-refractivity contribution in [1.29, 1.82) is 0 Å². The zero-order chi connectivity index (χ0) is 31.3. The second-order valence-electron chi connectivity index (χ2n) is 12.1. The molecule has 0 bridgehead atoms. The fourth-order valence-electron chi connectivity index (χ4n) is 5.13. The third kappa shape index (κ3) is 24.2.